The van der Waals surface area contributed by atoms with E-state index in [1.807, 2.05) is 24.3 Å². The summed E-state index contributed by atoms with van der Waals surface area (Å²) in [5.41, 5.74) is 2.00. The topological polar surface area (TPSA) is 35.5 Å². The third-order valence-electron chi connectivity index (χ3n) is 6.68. The molecule has 0 saturated heterocycles. The number of ether oxygens (including phenoxy) is 2. The molecule has 0 unspecified atom stereocenters. The molecule has 3 heteroatoms. The van der Waals surface area contributed by atoms with Gasteiger partial charge in [-0.1, -0.05) is 38.5 Å². The molecular formula is C23H30O3. The van der Waals surface area contributed by atoms with Crippen molar-refractivity contribution in [2.75, 3.05) is 14.2 Å². The van der Waals surface area contributed by atoms with E-state index in [0.29, 0.717) is 5.92 Å². The summed E-state index contributed by atoms with van der Waals surface area (Å²) in [5.74, 6) is 2.37. The van der Waals surface area contributed by atoms with Crippen LogP contribution in [0, 0.1) is 22.7 Å². The summed E-state index contributed by atoms with van der Waals surface area (Å²) in [4.78, 5) is 13.1. The quantitative estimate of drug-likeness (QED) is 0.714. The molecule has 3 rings (SSSR count). The number of benzene rings is 1. The van der Waals surface area contributed by atoms with Gasteiger partial charge in [0, 0.05) is 5.41 Å². The number of allylic oxidation sites excluding steroid dienone is 4. The summed E-state index contributed by atoms with van der Waals surface area (Å²) in [6, 6.07) is 5.89. The number of ketones is 1. The van der Waals surface area contributed by atoms with Crippen LogP contribution >= 0.6 is 0 Å². The molecule has 0 radical (unpaired) electrons. The van der Waals surface area contributed by atoms with Gasteiger partial charge in [-0.2, -0.15) is 0 Å². The zero-order valence-corrected chi connectivity index (χ0v) is 16.8. The van der Waals surface area contributed by atoms with Gasteiger partial charge in [0.25, 0.3) is 0 Å². The molecule has 1 aromatic carbocycles. The van der Waals surface area contributed by atoms with Crippen LogP contribution in [0.25, 0.3) is 0 Å². The number of methoxy groups -OCH3 is 2. The van der Waals surface area contributed by atoms with Crippen molar-refractivity contribution in [3.8, 4) is 11.5 Å². The van der Waals surface area contributed by atoms with Gasteiger partial charge in [-0.05, 0) is 66.9 Å². The maximum atomic E-state index is 13.1. The molecule has 0 N–H and O–H groups in total. The predicted octanol–water partition coefficient (Wildman–Crippen LogP) is 5.00. The number of carbonyl (C=O) groups is 1. The van der Waals surface area contributed by atoms with Crippen LogP contribution in [0.2, 0.25) is 0 Å². The molecule has 0 aromatic heterocycles. The lowest BCUT2D eigenvalue weighted by atomic mass is 9.49. The van der Waals surface area contributed by atoms with Gasteiger partial charge in [-0.25, -0.2) is 0 Å². The molecule has 0 saturated carbocycles. The van der Waals surface area contributed by atoms with Gasteiger partial charge in [0.15, 0.2) is 5.78 Å². The Hall–Kier alpha value is -2.03. The molecule has 0 bridgehead atoms. The minimum atomic E-state index is -0.398. The fourth-order valence-electron chi connectivity index (χ4n) is 5.05. The zero-order chi connectivity index (χ0) is 19.1. The van der Waals surface area contributed by atoms with Gasteiger partial charge in [0.05, 0.1) is 14.2 Å². The molecule has 2 aliphatic rings. The first-order chi connectivity index (χ1) is 12.2. The van der Waals surface area contributed by atoms with Crippen molar-refractivity contribution in [1.82, 2.24) is 0 Å². The van der Waals surface area contributed by atoms with Crippen molar-refractivity contribution in [2.24, 2.45) is 22.7 Å². The highest BCUT2D eigenvalue weighted by Gasteiger charge is 2.54. The van der Waals surface area contributed by atoms with E-state index in [0.717, 1.165) is 29.9 Å². The molecule has 3 nitrogen and oxygen atoms in total. The number of carbonyl (C=O) groups excluding carboxylic acids is 1. The van der Waals surface area contributed by atoms with E-state index in [1.54, 1.807) is 14.2 Å². The smallest absolute Gasteiger partial charge is 0.162 e. The third-order valence-corrected chi connectivity index (χ3v) is 6.68. The van der Waals surface area contributed by atoms with Crippen LogP contribution in [-0.2, 0) is 11.2 Å². The van der Waals surface area contributed by atoms with E-state index in [4.69, 9.17) is 9.47 Å². The van der Waals surface area contributed by atoms with E-state index in [1.165, 1.54) is 5.57 Å². The first-order valence-electron chi connectivity index (χ1n) is 9.35. The van der Waals surface area contributed by atoms with Crippen LogP contribution in [0.5, 0.6) is 11.5 Å². The van der Waals surface area contributed by atoms with E-state index >= 15 is 0 Å². The third kappa shape index (κ3) is 2.87. The predicted molar refractivity (Wildman–Crippen MR) is 105 cm³/mol. The average Bonchev–Trinajstić information content (AvgIpc) is 2.61. The van der Waals surface area contributed by atoms with Crippen molar-refractivity contribution in [3.63, 3.8) is 0 Å². The Bertz CT molecular complexity index is 772. The van der Waals surface area contributed by atoms with Crippen molar-refractivity contribution >= 4 is 5.78 Å². The Morgan fingerprint density at radius 2 is 1.88 bits per heavy atom. The highest BCUT2D eigenvalue weighted by Crippen LogP contribution is 2.56. The Kier molecular flexibility index (Phi) is 4.76. The molecule has 26 heavy (non-hydrogen) atoms. The zero-order valence-electron chi connectivity index (χ0n) is 16.8. The Labute approximate surface area is 157 Å². The summed E-state index contributed by atoms with van der Waals surface area (Å²) in [7, 11) is 3.36. The van der Waals surface area contributed by atoms with Crippen molar-refractivity contribution in [3.05, 3.63) is 47.6 Å². The molecule has 2 aliphatic carbocycles. The summed E-state index contributed by atoms with van der Waals surface area (Å²) in [6.45, 7) is 8.82. The summed E-state index contributed by atoms with van der Waals surface area (Å²) in [5, 5.41) is 0. The lowest BCUT2D eigenvalue weighted by Crippen LogP contribution is -2.52. The molecule has 0 heterocycles. The van der Waals surface area contributed by atoms with Crippen molar-refractivity contribution < 1.29 is 14.3 Å². The monoisotopic (exact) mass is 354 g/mol. The Morgan fingerprint density at radius 1 is 1.15 bits per heavy atom. The molecule has 1 aromatic rings. The van der Waals surface area contributed by atoms with Crippen molar-refractivity contribution in [1.29, 1.82) is 0 Å². The fourth-order valence-corrected chi connectivity index (χ4v) is 5.05. The minimum absolute atomic E-state index is 0.0105. The molecule has 0 aliphatic heterocycles. The van der Waals surface area contributed by atoms with Crippen LogP contribution in [0.3, 0.4) is 0 Å². The molecular weight excluding hydrogens is 324 g/mol. The van der Waals surface area contributed by atoms with Gasteiger partial charge in [0.2, 0.25) is 0 Å². The van der Waals surface area contributed by atoms with Crippen LogP contribution in [0.4, 0.5) is 0 Å². The number of hydrogen-bond acceptors (Lipinski definition) is 3. The molecule has 0 amide bonds. The first kappa shape index (κ1) is 18.8. The normalized spacial score (nSPS) is 29.8. The highest BCUT2D eigenvalue weighted by atomic mass is 16.5. The SMILES string of the molecule is COc1ccc(OC)c(C[C@H]2C(C)=CC[C@H]3C(C)(C)C=CC(=O)[C@@]23C)c1. The number of rotatable bonds is 4. The summed E-state index contributed by atoms with van der Waals surface area (Å²) >= 11 is 0. The van der Waals surface area contributed by atoms with Crippen molar-refractivity contribution in [2.45, 2.75) is 40.5 Å². The van der Waals surface area contributed by atoms with E-state index < -0.39 is 5.41 Å². The van der Waals surface area contributed by atoms with Gasteiger partial charge in [-0.15, -0.1) is 0 Å². The maximum absolute atomic E-state index is 13.1. The second-order valence-corrected chi connectivity index (χ2v) is 8.47. The van der Waals surface area contributed by atoms with Gasteiger partial charge >= 0.3 is 0 Å². The van der Waals surface area contributed by atoms with Crippen LogP contribution in [0.1, 0.15) is 39.7 Å². The molecule has 3 atom stereocenters. The second kappa shape index (κ2) is 6.61. The van der Waals surface area contributed by atoms with Crippen LogP contribution in [-0.4, -0.2) is 20.0 Å². The van der Waals surface area contributed by atoms with Gasteiger partial charge in [-0.3, -0.25) is 4.79 Å². The first-order valence-corrected chi connectivity index (χ1v) is 9.35. The van der Waals surface area contributed by atoms with Gasteiger partial charge in [0.1, 0.15) is 11.5 Å². The Morgan fingerprint density at radius 3 is 2.54 bits per heavy atom. The second-order valence-electron chi connectivity index (χ2n) is 8.47. The standard InChI is InChI=1S/C23H30O3/c1-15-7-10-20-22(2,3)12-11-21(24)23(20,4)18(15)14-16-13-17(25-5)8-9-19(16)26-6/h7-9,11-13,18,20H,10,14H2,1-6H3/t18-,20-,23-/m0/s1. The maximum Gasteiger partial charge on any atom is 0.162 e. The minimum Gasteiger partial charge on any atom is -0.497 e. The van der Waals surface area contributed by atoms with E-state index in [2.05, 4.69) is 39.8 Å². The summed E-state index contributed by atoms with van der Waals surface area (Å²) < 4.78 is 11.0. The molecule has 0 spiro atoms. The molecule has 0 fully saturated rings. The number of hydrogen-bond donors (Lipinski definition) is 0. The average molecular weight is 354 g/mol. The van der Waals surface area contributed by atoms with E-state index in [-0.39, 0.29) is 17.1 Å². The lowest BCUT2D eigenvalue weighted by Gasteiger charge is -2.53. The van der Waals surface area contributed by atoms with E-state index in [9.17, 15) is 4.79 Å². The molecule has 140 valence electrons. The Balaban J connectivity index is 2.06. The highest BCUT2D eigenvalue weighted by molar-refractivity contribution is 5.96. The lowest BCUT2D eigenvalue weighted by molar-refractivity contribution is -0.134. The summed E-state index contributed by atoms with van der Waals surface area (Å²) in [6.07, 6.45) is 7.96. The number of fused-ring (bicyclic) bond motifs is 1. The van der Waals surface area contributed by atoms with Gasteiger partial charge < -0.3 is 9.47 Å². The van der Waals surface area contributed by atoms with Crippen LogP contribution < -0.4 is 9.47 Å². The fraction of sp³-hybridized carbons (Fsp3) is 0.522. The largest absolute Gasteiger partial charge is 0.497 e. The van der Waals surface area contributed by atoms with Crippen LogP contribution in [0.15, 0.2) is 42.0 Å².